The van der Waals surface area contributed by atoms with E-state index in [2.05, 4.69) is 0 Å². The topological polar surface area (TPSA) is 58.9 Å². The van der Waals surface area contributed by atoms with Crippen molar-refractivity contribution in [1.82, 2.24) is 0 Å². The molecular formula is C8H18O4. The number of hydrogen-bond acceptors (Lipinski definition) is 4. The van der Waals surface area contributed by atoms with E-state index >= 15 is 0 Å². The first-order valence-corrected chi connectivity index (χ1v) is 4.26. The van der Waals surface area contributed by atoms with E-state index in [0.29, 0.717) is 19.8 Å². The van der Waals surface area contributed by atoms with Crippen molar-refractivity contribution in [2.75, 3.05) is 33.0 Å². The molecule has 0 spiro atoms. The fourth-order valence-corrected chi connectivity index (χ4v) is 0.783. The Morgan fingerprint density at radius 2 is 1.83 bits per heavy atom. The van der Waals surface area contributed by atoms with Crippen molar-refractivity contribution in [3.8, 4) is 0 Å². The molecule has 4 nitrogen and oxygen atoms in total. The third-order valence-corrected chi connectivity index (χ3v) is 1.44. The number of ether oxygens (including phenoxy) is 2. The van der Waals surface area contributed by atoms with E-state index in [-0.39, 0.29) is 19.3 Å². The van der Waals surface area contributed by atoms with Gasteiger partial charge in [-0.2, -0.15) is 0 Å². The molecule has 74 valence electrons. The van der Waals surface area contributed by atoms with Gasteiger partial charge in [-0.25, -0.2) is 0 Å². The first-order valence-electron chi connectivity index (χ1n) is 4.26. The maximum Gasteiger partial charge on any atom is 0.0807 e. The van der Waals surface area contributed by atoms with Gasteiger partial charge in [-0.05, 0) is 6.42 Å². The molecule has 0 aliphatic rings. The summed E-state index contributed by atoms with van der Waals surface area (Å²) >= 11 is 0. The largest absolute Gasteiger partial charge is 0.394 e. The summed E-state index contributed by atoms with van der Waals surface area (Å²) in [5.74, 6) is 0. The van der Waals surface area contributed by atoms with Crippen molar-refractivity contribution >= 4 is 0 Å². The fraction of sp³-hybridized carbons (Fsp3) is 1.00. The van der Waals surface area contributed by atoms with E-state index in [9.17, 15) is 0 Å². The van der Waals surface area contributed by atoms with Crippen LogP contribution in [0.4, 0.5) is 0 Å². The average molecular weight is 178 g/mol. The van der Waals surface area contributed by atoms with Gasteiger partial charge < -0.3 is 19.7 Å². The van der Waals surface area contributed by atoms with Crippen LogP contribution >= 0.6 is 0 Å². The van der Waals surface area contributed by atoms with Gasteiger partial charge in [-0.1, -0.05) is 6.92 Å². The smallest absolute Gasteiger partial charge is 0.0807 e. The fourth-order valence-electron chi connectivity index (χ4n) is 0.783. The van der Waals surface area contributed by atoms with Crippen molar-refractivity contribution in [3.63, 3.8) is 0 Å². The molecule has 0 saturated heterocycles. The number of hydrogen-bond donors (Lipinski definition) is 2. The van der Waals surface area contributed by atoms with Crippen LogP contribution in [0, 0.1) is 0 Å². The van der Waals surface area contributed by atoms with Crippen molar-refractivity contribution < 1.29 is 19.7 Å². The Morgan fingerprint density at radius 1 is 1.17 bits per heavy atom. The summed E-state index contributed by atoms with van der Waals surface area (Å²) in [6.45, 7) is 3.24. The maximum absolute atomic E-state index is 8.48. The normalized spacial score (nSPS) is 13.2. The number of aliphatic hydroxyl groups is 2. The second-order valence-corrected chi connectivity index (χ2v) is 2.42. The van der Waals surface area contributed by atoms with E-state index in [1.807, 2.05) is 6.92 Å². The molecule has 0 saturated carbocycles. The minimum Gasteiger partial charge on any atom is -0.394 e. The Hall–Kier alpha value is -0.160. The van der Waals surface area contributed by atoms with Gasteiger partial charge in [0.2, 0.25) is 0 Å². The number of rotatable bonds is 8. The molecule has 1 unspecified atom stereocenters. The van der Waals surface area contributed by atoms with E-state index in [0.717, 1.165) is 6.42 Å². The molecule has 0 amide bonds. The molecule has 0 aromatic heterocycles. The molecule has 0 fully saturated rings. The zero-order valence-corrected chi connectivity index (χ0v) is 7.53. The Morgan fingerprint density at radius 3 is 2.33 bits per heavy atom. The van der Waals surface area contributed by atoms with Crippen LogP contribution in [-0.4, -0.2) is 49.4 Å². The third-order valence-electron chi connectivity index (χ3n) is 1.44. The molecule has 12 heavy (non-hydrogen) atoms. The predicted octanol–water partition coefficient (Wildman–Crippen LogP) is -0.217. The summed E-state index contributed by atoms with van der Waals surface area (Å²) in [7, 11) is 0. The highest BCUT2D eigenvalue weighted by molar-refractivity contribution is 4.52. The minimum atomic E-state index is 0.0312. The van der Waals surface area contributed by atoms with Gasteiger partial charge in [0.25, 0.3) is 0 Å². The van der Waals surface area contributed by atoms with Crippen LogP contribution in [-0.2, 0) is 9.47 Å². The maximum atomic E-state index is 8.48. The van der Waals surface area contributed by atoms with Crippen LogP contribution in [0.1, 0.15) is 13.3 Å². The molecule has 1 atom stereocenters. The third kappa shape index (κ3) is 6.54. The van der Waals surface area contributed by atoms with E-state index in [1.165, 1.54) is 0 Å². The highest BCUT2D eigenvalue weighted by Crippen LogP contribution is 1.98. The van der Waals surface area contributed by atoms with Crippen molar-refractivity contribution in [2.24, 2.45) is 0 Å². The minimum absolute atomic E-state index is 0.0312. The molecule has 0 heterocycles. The summed E-state index contributed by atoms with van der Waals surface area (Å²) in [5, 5.41) is 16.9. The lowest BCUT2D eigenvalue weighted by Gasteiger charge is -2.14. The molecule has 0 rings (SSSR count). The van der Waals surface area contributed by atoms with Gasteiger partial charge in [-0.3, -0.25) is 0 Å². The summed E-state index contributed by atoms with van der Waals surface area (Å²) < 4.78 is 10.3. The molecule has 4 heteroatoms. The highest BCUT2D eigenvalue weighted by atomic mass is 16.5. The molecular weight excluding hydrogens is 160 g/mol. The highest BCUT2D eigenvalue weighted by Gasteiger charge is 2.05. The molecule has 2 N–H and O–H groups in total. The van der Waals surface area contributed by atoms with Crippen LogP contribution in [0.5, 0.6) is 0 Å². The first kappa shape index (κ1) is 11.8. The first-order chi connectivity index (χ1) is 5.85. The Balaban J connectivity index is 3.26. The molecule has 0 aromatic rings. The molecule has 0 aromatic carbocycles. The zero-order valence-electron chi connectivity index (χ0n) is 7.53. The van der Waals surface area contributed by atoms with Crippen molar-refractivity contribution in [1.29, 1.82) is 0 Å². The van der Waals surface area contributed by atoms with E-state index in [1.54, 1.807) is 0 Å². The quantitative estimate of drug-likeness (QED) is 0.505. The lowest BCUT2D eigenvalue weighted by molar-refractivity contribution is -0.0346. The van der Waals surface area contributed by atoms with Crippen LogP contribution in [0.25, 0.3) is 0 Å². The molecule has 0 aliphatic heterocycles. The van der Waals surface area contributed by atoms with Gasteiger partial charge in [0, 0.05) is 0 Å². The van der Waals surface area contributed by atoms with Gasteiger partial charge in [0.05, 0.1) is 39.1 Å². The standard InChI is InChI=1S/C8H18O4/c1-2-8(12-6-4-10)7-11-5-3-9/h8-10H,2-7H2,1H3. The molecule has 0 radical (unpaired) electrons. The Labute approximate surface area is 73.1 Å². The van der Waals surface area contributed by atoms with Gasteiger partial charge in [0.1, 0.15) is 0 Å². The molecule has 0 aliphatic carbocycles. The summed E-state index contributed by atoms with van der Waals surface area (Å²) in [5.41, 5.74) is 0. The predicted molar refractivity (Wildman–Crippen MR) is 45.0 cm³/mol. The Kier molecular flexibility index (Phi) is 8.81. The van der Waals surface area contributed by atoms with E-state index < -0.39 is 0 Å². The molecule has 0 bridgehead atoms. The van der Waals surface area contributed by atoms with Gasteiger partial charge in [-0.15, -0.1) is 0 Å². The van der Waals surface area contributed by atoms with E-state index in [4.69, 9.17) is 19.7 Å². The lowest BCUT2D eigenvalue weighted by Crippen LogP contribution is -2.21. The summed E-state index contributed by atoms with van der Waals surface area (Å²) in [4.78, 5) is 0. The van der Waals surface area contributed by atoms with Gasteiger partial charge >= 0.3 is 0 Å². The SMILES string of the molecule is CCC(COCCO)OCCO. The van der Waals surface area contributed by atoms with Crippen LogP contribution in [0.15, 0.2) is 0 Å². The Bertz CT molecular complexity index is 87.1. The lowest BCUT2D eigenvalue weighted by atomic mass is 10.3. The van der Waals surface area contributed by atoms with Crippen LogP contribution < -0.4 is 0 Å². The summed E-state index contributed by atoms with van der Waals surface area (Å²) in [6.07, 6.45) is 0.884. The second kappa shape index (κ2) is 8.93. The van der Waals surface area contributed by atoms with Crippen LogP contribution in [0.2, 0.25) is 0 Å². The monoisotopic (exact) mass is 178 g/mol. The second-order valence-electron chi connectivity index (χ2n) is 2.42. The summed E-state index contributed by atoms with van der Waals surface area (Å²) in [6, 6.07) is 0. The van der Waals surface area contributed by atoms with Crippen molar-refractivity contribution in [3.05, 3.63) is 0 Å². The zero-order chi connectivity index (χ0) is 9.23. The van der Waals surface area contributed by atoms with Gasteiger partial charge in [0.15, 0.2) is 0 Å². The average Bonchev–Trinajstić information content (AvgIpc) is 2.11. The number of aliphatic hydroxyl groups excluding tert-OH is 2. The van der Waals surface area contributed by atoms with Crippen LogP contribution in [0.3, 0.4) is 0 Å². The van der Waals surface area contributed by atoms with Crippen molar-refractivity contribution in [2.45, 2.75) is 19.4 Å².